The lowest BCUT2D eigenvalue weighted by atomic mass is 10.0. The van der Waals surface area contributed by atoms with Gasteiger partial charge < -0.3 is 15.5 Å². The maximum absolute atomic E-state index is 12.6. The van der Waals surface area contributed by atoms with E-state index in [-0.39, 0.29) is 12.5 Å². The molecule has 1 amide bonds. The molecule has 2 atom stereocenters. The number of unbranched alkanes of at least 4 members (excludes halogenated alkanes) is 63. The van der Waals surface area contributed by atoms with Crippen molar-refractivity contribution in [1.29, 1.82) is 0 Å². The summed E-state index contributed by atoms with van der Waals surface area (Å²) in [7, 11) is 0. The molecule has 0 spiro atoms. The van der Waals surface area contributed by atoms with Crippen LogP contribution in [0.4, 0.5) is 0 Å². The van der Waals surface area contributed by atoms with Crippen LogP contribution < -0.4 is 5.32 Å². The van der Waals surface area contributed by atoms with Crippen LogP contribution in [0.3, 0.4) is 0 Å². The van der Waals surface area contributed by atoms with Crippen LogP contribution in [0.1, 0.15) is 444 Å². The van der Waals surface area contributed by atoms with Gasteiger partial charge in [0.15, 0.2) is 0 Å². The number of aliphatic hydroxyl groups is 2. The zero-order valence-electron chi connectivity index (χ0n) is 55.9. The van der Waals surface area contributed by atoms with Crippen LogP contribution >= 0.6 is 0 Å². The zero-order chi connectivity index (χ0) is 58.4. The van der Waals surface area contributed by atoms with Gasteiger partial charge in [0, 0.05) is 6.42 Å². The van der Waals surface area contributed by atoms with Crippen LogP contribution in [0.5, 0.6) is 0 Å². The van der Waals surface area contributed by atoms with Crippen molar-refractivity contribution in [3.05, 3.63) is 24.3 Å². The summed E-state index contributed by atoms with van der Waals surface area (Å²) in [6, 6.07) is -0.621. The van der Waals surface area contributed by atoms with E-state index >= 15 is 0 Å². The SMILES string of the molecule is CCCCCCCCCC/C=C\CCCCCCCCCCCCCCCCCCCCCCCCCCCCCCCC(=O)NC(CO)C(O)/C=C/CCCCCCCCCCCCCCCCCCCCCCCCCCCC. The molecule has 0 aromatic carbocycles. The minimum atomic E-state index is -0.838. The summed E-state index contributed by atoms with van der Waals surface area (Å²) in [5, 5.41) is 23.3. The first-order chi connectivity index (χ1) is 40.2. The second-order valence-electron chi connectivity index (χ2n) is 26.4. The van der Waals surface area contributed by atoms with Crippen molar-refractivity contribution in [3.8, 4) is 0 Å². The monoisotopic (exact) mass is 1140 g/mol. The van der Waals surface area contributed by atoms with E-state index in [2.05, 4.69) is 31.3 Å². The molecule has 0 fully saturated rings. The van der Waals surface area contributed by atoms with Gasteiger partial charge in [0.1, 0.15) is 0 Å². The molecule has 81 heavy (non-hydrogen) atoms. The fourth-order valence-corrected chi connectivity index (χ4v) is 12.4. The van der Waals surface area contributed by atoms with E-state index in [0.29, 0.717) is 6.42 Å². The lowest BCUT2D eigenvalue weighted by molar-refractivity contribution is -0.123. The summed E-state index contributed by atoms with van der Waals surface area (Å²) in [6.45, 7) is 4.36. The maximum Gasteiger partial charge on any atom is 0.220 e. The first kappa shape index (κ1) is 79.9. The quantitative estimate of drug-likeness (QED) is 0.0420. The number of rotatable bonds is 72. The molecule has 0 bridgehead atoms. The van der Waals surface area contributed by atoms with Crippen LogP contribution in [-0.4, -0.2) is 34.9 Å². The smallest absolute Gasteiger partial charge is 0.220 e. The molecule has 4 nitrogen and oxygen atoms in total. The summed E-state index contributed by atoms with van der Waals surface area (Å²) >= 11 is 0. The Hall–Kier alpha value is -1.13. The molecule has 0 rings (SSSR count). The molecular weight excluding hydrogens is 987 g/mol. The number of hydrogen-bond donors (Lipinski definition) is 3. The van der Waals surface area contributed by atoms with E-state index in [1.807, 2.05) is 6.08 Å². The van der Waals surface area contributed by atoms with E-state index in [4.69, 9.17) is 0 Å². The van der Waals surface area contributed by atoms with Crippen LogP contribution in [0.2, 0.25) is 0 Å². The van der Waals surface area contributed by atoms with Gasteiger partial charge in [-0.1, -0.05) is 417 Å². The van der Waals surface area contributed by atoms with E-state index < -0.39 is 12.1 Å². The molecular formula is C77H151NO3. The van der Waals surface area contributed by atoms with E-state index in [0.717, 1.165) is 25.7 Å². The number of allylic oxidation sites excluding steroid dienone is 3. The highest BCUT2D eigenvalue weighted by Gasteiger charge is 2.18. The van der Waals surface area contributed by atoms with Crippen molar-refractivity contribution in [3.63, 3.8) is 0 Å². The Bertz CT molecular complexity index is 1200. The van der Waals surface area contributed by atoms with E-state index in [1.54, 1.807) is 6.08 Å². The van der Waals surface area contributed by atoms with Gasteiger partial charge in [-0.15, -0.1) is 0 Å². The Morgan fingerprint density at radius 1 is 0.284 bits per heavy atom. The standard InChI is InChI=1S/C77H151NO3/c1-3-5-7-9-11-13-15-17-19-21-23-25-27-29-31-33-34-35-36-37-38-39-40-41-42-43-44-45-47-49-51-53-55-57-59-61-63-65-67-69-71-73-77(81)78-75(74-79)76(80)72-70-68-66-64-62-60-58-56-54-52-50-48-46-32-30-28-26-24-22-20-18-16-14-12-10-8-6-4-2/h21,23,70,72,75-76,79-80H,3-20,22,24-69,71,73-74H2,1-2H3,(H,78,81)/b23-21-,72-70+. The van der Waals surface area contributed by atoms with Crippen molar-refractivity contribution in [1.82, 2.24) is 5.32 Å². The maximum atomic E-state index is 12.6. The molecule has 0 aliphatic carbocycles. The van der Waals surface area contributed by atoms with Gasteiger partial charge in [-0.2, -0.15) is 0 Å². The topological polar surface area (TPSA) is 69.6 Å². The third-order valence-electron chi connectivity index (χ3n) is 18.2. The number of aliphatic hydroxyl groups excluding tert-OH is 2. The molecule has 2 unspecified atom stereocenters. The molecule has 3 N–H and O–H groups in total. The molecule has 0 saturated carbocycles. The highest BCUT2D eigenvalue weighted by Crippen LogP contribution is 2.20. The van der Waals surface area contributed by atoms with Crippen molar-refractivity contribution >= 4 is 5.91 Å². The lowest BCUT2D eigenvalue weighted by Crippen LogP contribution is -2.45. The molecule has 0 radical (unpaired) electrons. The number of carbonyl (C=O) groups excluding carboxylic acids is 1. The van der Waals surface area contributed by atoms with Gasteiger partial charge in [0.2, 0.25) is 5.91 Å². The van der Waals surface area contributed by atoms with Gasteiger partial charge in [0.05, 0.1) is 18.8 Å². The fourth-order valence-electron chi connectivity index (χ4n) is 12.4. The summed E-state index contributed by atoms with van der Waals surface area (Å²) < 4.78 is 0. The summed E-state index contributed by atoms with van der Waals surface area (Å²) in [4.78, 5) is 12.6. The number of hydrogen-bond acceptors (Lipinski definition) is 3. The molecule has 0 heterocycles. The molecule has 0 aliphatic rings. The molecule has 0 aromatic rings. The summed E-state index contributed by atoms with van der Waals surface area (Å²) in [5.41, 5.74) is 0. The van der Waals surface area contributed by atoms with Gasteiger partial charge in [0.25, 0.3) is 0 Å². The largest absolute Gasteiger partial charge is 0.394 e. The highest BCUT2D eigenvalue weighted by molar-refractivity contribution is 5.76. The second kappa shape index (κ2) is 73.1. The van der Waals surface area contributed by atoms with E-state index in [9.17, 15) is 15.0 Å². The molecule has 4 heteroatoms. The van der Waals surface area contributed by atoms with Crippen molar-refractivity contribution in [2.45, 2.75) is 456 Å². The zero-order valence-corrected chi connectivity index (χ0v) is 55.9. The first-order valence-corrected chi connectivity index (χ1v) is 38.1. The predicted molar refractivity (Wildman–Crippen MR) is 364 cm³/mol. The molecule has 0 aliphatic heterocycles. The molecule has 0 saturated heterocycles. The Labute approximate surface area is 510 Å². The van der Waals surface area contributed by atoms with Crippen molar-refractivity contribution in [2.75, 3.05) is 6.61 Å². The Morgan fingerprint density at radius 3 is 0.679 bits per heavy atom. The second-order valence-corrected chi connectivity index (χ2v) is 26.4. The average Bonchev–Trinajstić information content (AvgIpc) is 3.47. The predicted octanol–water partition coefficient (Wildman–Crippen LogP) is 26.1. The minimum absolute atomic E-state index is 0.0531. The van der Waals surface area contributed by atoms with Gasteiger partial charge in [-0.25, -0.2) is 0 Å². The third kappa shape index (κ3) is 69.5. The van der Waals surface area contributed by atoms with Gasteiger partial charge >= 0.3 is 0 Å². The molecule has 482 valence electrons. The summed E-state index contributed by atoms with van der Waals surface area (Å²) in [5.74, 6) is -0.0531. The minimum Gasteiger partial charge on any atom is -0.394 e. The Kier molecular flexibility index (Phi) is 72.1. The van der Waals surface area contributed by atoms with Gasteiger partial charge in [-0.05, 0) is 44.9 Å². The number of carbonyl (C=O) groups is 1. The average molecular weight is 1140 g/mol. The fraction of sp³-hybridized carbons (Fsp3) is 0.935. The van der Waals surface area contributed by atoms with Crippen LogP contribution in [0.15, 0.2) is 24.3 Å². The normalized spacial score (nSPS) is 12.7. The third-order valence-corrected chi connectivity index (χ3v) is 18.2. The lowest BCUT2D eigenvalue weighted by Gasteiger charge is -2.20. The van der Waals surface area contributed by atoms with Crippen LogP contribution in [0, 0.1) is 0 Å². The first-order valence-electron chi connectivity index (χ1n) is 38.1. The summed E-state index contributed by atoms with van der Waals surface area (Å²) in [6.07, 6.45) is 100. The van der Waals surface area contributed by atoms with Gasteiger partial charge in [-0.3, -0.25) is 4.79 Å². The van der Waals surface area contributed by atoms with Crippen LogP contribution in [0.25, 0.3) is 0 Å². The molecule has 0 aromatic heterocycles. The van der Waals surface area contributed by atoms with Crippen molar-refractivity contribution in [2.24, 2.45) is 0 Å². The van der Waals surface area contributed by atoms with Crippen LogP contribution in [-0.2, 0) is 4.79 Å². The highest BCUT2D eigenvalue weighted by atomic mass is 16.3. The Morgan fingerprint density at radius 2 is 0.469 bits per heavy atom. The number of amides is 1. The number of nitrogens with one attached hydrogen (secondary N) is 1. The van der Waals surface area contributed by atoms with Crippen molar-refractivity contribution < 1.29 is 15.0 Å². The van der Waals surface area contributed by atoms with E-state index in [1.165, 1.54) is 398 Å². The Balaban J connectivity index is 3.37.